The SMILES string of the molecule is CO[C@@H]1CO[C@H]2[C@@H]1OC[C@@H]2NC(=O)c1ccc(C(F)(F)F)cc1. The Bertz CT molecular complexity index is 575. The fourth-order valence-corrected chi connectivity index (χ4v) is 2.85. The molecule has 0 saturated carbocycles. The number of fused-ring (bicyclic) bond motifs is 1. The van der Waals surface area contributed by atoms with E-state index in [0.717, 1.165) is 24.3 Å². The number of hydrogen-bond acceptors (Lipinski definition) is 4. The average molecular weight is 331 g/mol. The fraction of sp³-hybridized carbons (Fsp3) is 0.533. The van der Waals surface area contributed by atoms with Crippen molar-refractivity contribution in [2.75, 3.05) is 20.3 Å². The van der Waals surface area contributed by atoms with Gasteiger partial charge in [-0.25, -0.2) is 0 Å². The molecule has 4 atom stereocenters. The maximum Gasteiger partial charge on any atom is 0.416 e. The van der Waals surface area contributed by atoms with Crippen LogP contribution in [-0.2, 0) is 20.4 Å². The van der Waals surface area contributed by atoms with Crippen LogP contribution in [0.5, 0.6) is 0 Å². The first-order valence-corrected chi connectivity index (χ1v) is 7.14. The number of carbonyl (C=O) groups excluding carboxylic acids is 1. The molecule has 126 valence electrons. The van der Waals surface area contributed by atoms with Gasteiger partial charge in [0.15, 0.2) is 0 Å². The minimum atomic E-state index is -4.42. The number of carbonyl (C=O) groups is 1. The van der Waals surface area contributed by atoms with E-state index in [0.29, 0.717) is 6.61 Å². The van der Waals surface area contributed by atoms with Crippen LogP contribution < -0.4 is 5.32 Å². The number of benzene rings is 1. The van der Waals surface area contributed by atoms with Crippen molar-refractivity contribution in [2.24, 2.45) is 0 Å². The quantitative estimate of drug-likeness (QED) is 0.914. The highest BCUT2D eigenvalue weighted by atomic mass is 19.4. The number of alkyl halides is 3. The number of ether oxygens (including phenoxy) is 3. The summed E-state index contributed by atoms with van der Waals surface area (Å²) >= 11 is 0. The number of halogens is 3. The van der Waals surface area contributed by atoms with E-state index in [1.54, 1.807) is 7.11 Å². The second-order valence-corrected chi connectivity index (χ2v) is 5.53. The van der Waals surface area contributed by atoms with Crippen molar-refractivity contribution in [3.8, 4) is 0 Å². The minimum absolute atomic E-state index is 0.155. The predicted molar refractivity (Wildman–Crippen MR) is 73.0 cm³/mol. The molecular formula is C15H16F3NO4. The third-order valence-corrected chi connectivity index (χ3v) is 4.10. The van der Waals surface area contributed by atoms with Crippen LogP contribution in [0.25, 0.3) is 0 Å². The molecule has 1 aromatic rings. The van der Waals surface area contributed by atoms with Gasteiger partial charge in [-0.2, -0.15) is 13.2 Å². The zero-order chi connectivity index (χ0) is 16.6. The van der Waals surface area contributed by atoms with Crippen LogP contribution in [-0.4, -0.2) is 50.6 Å². The first-order chi connectivity index (χ1) is 10.9. The van der Waals surface area contributed by atoms with Gasteiger partial charge >= 0.3 is 6.18 Å². The molecule has 1 amide bonds. The lowest BCUT2D eigenvalue weighted by Gasteiger charge is -2.17. The molecule has 2 heterocycles. The number of nitrogens with one attached hydrogen (secondary N) is 1. The van der Waals surface area contributed by atoms with Crippen molar-refractivity contribution in [3.05, 3.63) is 35.4 Å². The monoisotopic (exact) mass is 331 g/mol. The lowest BCUT2D eigenvalue weighted by molar-refractivity contribution is -0.137. The molecule has 1 N–H and O–H groups in total. The molecule has 0 bridgehead atoms. The number of amides is 1. The van der Waals surface area contributed by atoms with Crippen LogP contribution in [0.15, 0.2) is 24.3 Å². The van der Waals surface area contributed by atoms with Crippen molar-refractivity contribution in [1.82, 2.24) is 5.32 Å². The highest BCUT2D eigenvalue weighted by Gasteiger charge is 2.48. The number of rotatable bonds is 3. The van der Waals surface area contributed by atoms with Gasteiger partial charge in [0.1, 0.15) is 18.3 Å². The van der Waals surface area contributed by atoms with Crippen LogP contribution in [0.2, 0.25) is 0 Å². The molecule has 0 radical (unpaired) electrons. The van der Waals surface area contributed by atoms with Gasteiger partial charge in [-0.1, -0.05) is 0 Å². The van der Waals surface area contributed by atoms with Crippen LogP contribution >= 0.6 is 0 Å². The molecule has 23 heavy (non-hydrogen) atoms. The molecule has 2 saturated heterocycles. The lowest BCUT2D eigenvalue weighted by atomic mass is 10.1. The van der Waals surface area contributed by atoms with Crippen LogP contribution in [0.3, 0.4) is 0 Å². The minimum Gasteiger partial charge on any atom is -0.376 e. The van der Waals surface area contributed by atoms with Crippen molar-refractivity contribution >= 4 is 5.91 Å². The molecule has 0 spiro atoms. The zero-order valence-corrected chi connectivity index (χ0v) is 12.3. The first-order valence-electron chi connectivity index (χ1n) is 7.14. The van der Waals surface area contributed by atoms with Crippen LogP contribution in [0, 0.1) is 0 Å². The molecule has 3 rings (SSSR count). The van der Waals surface area contributed by atoms with E-state index >= 15 is 0 Å². The summed E-state index contributed by atoms with van der Waals surface area (Å²) in [5.41, 5.74) is -0.636. The summed E-state index contributed by atoms with van der Waals surface area (Å²) in [5.74, 6) is -0.461. The van der Waals surface area contributed by atoms with Crippen LogP contribution in [0.4, 0.5) is 13.2 Å². The third kappa shape index (κ3) is 3.19. The summed E-state index contributed by atoms with van der Waals surface area (Å²) in [6, 6.07) is 3.72. The summed E-state index contributed by atoms with van der Waals surface area (Å²) in [5, 5.41) is 2.74. The van der Waals surface area contributed by atoms with Crippen molar-refractivity contribution in [1.29, 1.82) is 0 Å². The van der Waals surface area contributed by atoms with Crippen molar-refractivity contribution < 1.29 is 32.2 Å². The number of hydrogen-bond donors (Lipinski definition) is 1. The highest BCUT2D eigenvalue weighted by Crippen LogP contribution is 2.30. The summed E-state index contributed by atoms with van der Waals surface area (Å²) < 4.78 is 54.0. The van der Waals surface area contributed by atoms with Gasteiger partial charge in [0.25, 0.3) is 5.91 Å². The summed E-state index contributed by atoms with van der Waals surface area (Å²) in [7, 11) is 1.56. The molecule has 0 aromatic heterocycles. The van der Waals surface area contributed by atoms with Crippen molar-refractivity contribution in [2.45, 2.75) is 30.5 Å². The Morgan fingerprint density at radius 2 is 1.83 bits per heavy atom. The predicted octanol–water partition coefficient (Wildman–Crippen LogP) is 1.62. The molecule has 0 unspecified atom stereocenters. The summed E-state index contributed by atoms with van der Waals surface area (Å²) in [6.45, 7) is 0.667. The smallest absolute Gasteiger partial charge is 0.376 e. The van der Waals surface area contributed by atoms with E-state index in [2.05, 4.69) is 5.32 Å². The Morgan fingerprint density at radius 3 is 2.43 bits per heavy atom. The van der Waals surface area contributed by atoms with E-state index < -0.39 is 17.6 Å². The second-order valence-electron chi connectivity index (χ2n) is 5.53. The second kappa shape index (κ2) is 6.10. The fourth-order valence-electron chi connectivity index (χ4n) is 2.85. The molecule has 8 heteroatoms. The molecule has 0 aliphatic carbocycles. The summed E-state index contributed by atoms with van der Waals surface area (Å²) in [6.07, 6.45) is -5.14. The molecule has 2 fully saturated rings. The molecular weight excluding hydrogens is 315 g/mol. The molecule has 2 aliphatic rings. The van der Waals surface area contributed by atoms with E-state index in [1.807, 2.05) is 0 Å². The third-order valence-electron chi connectivity index (χ3n) is 4.10. The Labute approximate surface area is 130 Å². The average Bonchev–Trinajstić information content (AvgIpc) is 3.09. The maximum atomic E-state index is 12.5. The van der Waals surface area contributed by atoms with E-state index in [9.17, 15) is 18.0 Å². The summed E-state index contributed by atoms with van der Waals surface area (Å²) in [4.78, 5) is 12.2. The van der Waals surface area contributed by atoms with Gasteiger partial charge < -0.3 is 19.5 Å². The Kier molecular flexibility index (Phi) is 4.31. The Morgan fingerprint density at radius 1 is 1.17 bits per heavy atom. The molecule has 2 aliphatic heterocycles. The largest absolute Gasteiger partial charge is 0.416 e. The normalized spacial score (nSPS) is 30.3. The Balaban J connectivity index is 1.64. The standard InChI is InChI=1S/C15H16F3NO4/c1-21-11-7-23-12-10(6-22-13(11)12)19-14(20)8-2-4-9(5-3-8)15(16,17)18/h2-5,10-13H,6-7H2,1H3,(H,19,20)/t10-,11+,12+,13+/m0/s1. The lowest BCUT2D eigenvalue weighted by Crippen LogP contribution is -2.44. The highest BCUT2D eigenvalue weighted by molar-refractivity contribution is 5.94. The van der Waals surface area contributed by atoms with E-state index in [-0.39, 0.29) is 36.5 Å². The Hall–Kier alpha value is -1.64. The van der Waals surface area contributed by atoms with Gasteiger partial charge in [0.2, 0.25) is 0 Å². The zero-order valence-electron chi connectivity index (χ0n) is 12.3. The van der Waals surface area contributed by atoms with Gasteiger partial charge in [-0.3, -0.25) is 4.79 Å². The van der Waals surface area contributed by atoms with E-state index in [1.165, 1.54) is 0 Å². The maximum absolute atomic E-state index is 12.5. The first kappa shape index (κ1) is 16.2. The van der Waals surface area contributed by atoms with E-state index in [4.69, 9.17) is 14.2 Å². The van der Waals surface area contributed by atoms with Gasteiger partial charge in [-0.15, -0.1) is 0 Å². The topological polar surface area (TPSA) is 56.8 Å². The van der Waals surface area contributed by atoms with Crippen molar-refractivity contribution in [3.63, 3.8) is 0 Å². The van der Waals surface area contributed by atoms with Gasteiger partial charge in [-0.05, 0) is 24.3 Å². The van der Waals surface area contributed by atoms with Gasteiger partial charge in [0, 0.05) is 12.7 Å². The van der Waals surface area contributed by atoms with Gasteiger partial charge in [0.05, 0.1) is 24.8 Å². The number of methoxy groups -OCH3 is 1. The molecule has 5 nitrogen and oxygen atoms in total. The van der Waals surface area contributed by atoms with Crippen LogP contribution in [0.1, 0.15) is 15.9 Å². The molecule has 1 aromatic carbocycles.